The summed E-state index contributed by atoms with van der Waals surface area (Å²) in [5, 5.41) is 0. The molecule has 136 valence electrons. The zero-order valence-corrected chi connectivity index (χ0v) is 14.7. The van der Waals surface area contributed by atoms with Crippen LogP contribution in [-0.2, 0) is 11.3 Å². The van der Waals surface area contributed by atoms with E-state index in [0.717, 1.165) is 25.1 Å². The largest absolute Gasteiger partial charge is 0.430 e. The lowest BCUT2D eigenvalue weighted by atomic mass is 9.87. The Bertz CT molecular complexity index is 742. The molecule has 1 amide bonds. The number of ether oxygens (including phenoxy) is 1. The third kappa shape index (κ3) is 3.73. The van der Waals surface area contributed by atoms with Crippen LogP contribution in [0.1, 0.15) is 24.8 Å². The van der Waals surface area contributed by atoms with E-state index >= 15 is 0 Å². The molecule has 3 aliphatic heterocycles. The highest BCUT2D eigenvalue weighted by Crippen LogP contribution is 2.33. The van der Waals surface area contributed by atoms with Crippen LogP contribution in [0.25, 0.3) is 0 Å². The molecule has 0 unspecified atom stereocenters. The van der Waals surface area contributed by atoms with Crippen LogP contribution in [0.2, 0.25) is 0 Å². The predicted octanol–water partition coefficient (Wildman–Crippen LogP) is 4.41. The van der Waals surface area contributed by atoms with E-state index in [2.05, 4.69) is 4.90 Å². The molecule has 4 nitrogen and oxygen atoms in total. The molecule has 0 saturated carbocycles. The summed E-state index contributed by atoms with van der Waals surface area (Å²) in [6.45, 7) is 2.39. The van der Waals surface area contributed by atoms with E-state index in [9.17, 15) is 9.18 Å². The Balaban J connectivity index is 1.53. The molecule has 0 spiro atoms. The van der Waals surface area contributed by atoms with E-state index in [0.29, 0.717) is 18.2 Å². The van der Waals surface area contributed by atoms with Gasteiger partial charge in [0, 0.05) is 25.2 Å². The van der Waals surface area contributed by atoms with Crippen molar-refractivity contribution in [1.29, 1.82) is 0 Å². The highest BCUT2D eigenvalue weighted by molar-refractivity contribution is 5.87. The van der Waals surface area contributed by atoms with Crippen LogP contribution in [-0.4, -0.2) is 30.3 Å². The smallest absolute Gasteiger partial charge is 0.416 e. The fourth-order valence-electron chi connectivity index (χ4n) is 3.86. The Kier molecular flexibility index (Phi) is 4.89. The van der Waals surface area contributed by atoms with E-state index in [4.69, 9.17) is 4.74 Å². The molecule has 0 aromatic heterocycles. The number of halogens is 1. The normalized spacial score (nSPS) is 24.3. The first-order valence-corrected chi connectivity index (χ1v) is 9.21. The lowest BCUT2D eigenvalue weighted by Gasteiger charge is -2.44. The third-order valence-electron chi connectivity index (χ3n) is 5.37. The van der Waals surface area contributed by atoms with Crippen LogP contribution >= 0.6 is 0 Å². The molecule has 1 atom stereocenters. The van der Waals surface area contributed by atoms with E-state index in [1.165, 1.54) is 25.0 Å². The molecule has 26 heavy (non-hydrogen) atoms. The van der Waals surface area contributed by atoms with Gasteiger partial charge >= 0.3 is 6.09 Å². The van der Waals surface area contributed by atoms with Crippen molar-refractivity contribution in [1.82, 2.24) is 4.90 Å². The van der Waals surface area contributed by atoms with Crippen LogP contribution in [0.15, 0.2) is 54.6 Å². The van der Waals surface area contributed by atoms with Crippen LogP contribution in [0.5, 0.6) is 0 Å². The molecule has 3 fully saturated rings. The minimum absolute atomic E-state index is 0.145. The standard InChI is InChI=1S/C21H23FN2O2/c22-18-6-8-19(9-7-18)24(15-17-4-2-1-3-5-17)21(25)26-20-14-16-10-12-23(20)13-11-16/h1-9,16,20H,10-15H2/t20-/m1/s1. The molecule has 2 aromatic rings. The van der Waals surface area contributed by atoms with Crippen molar-refractivity contribution in [3.05, 3.63) is 66.0 Å². The van der Waals surface area contributed by atoms with Crippen LogP contribution < -0.4 is 4.90 Å². The maximum Gasteiger partial charge on any atom is 0.416 e. The summed E-state index contributed by atoms with van der Waals surface area (Å²) in [4.78, 5) is 16.8. The average molecular weight is 354 g/mol. The maximum atomic E-state index is 13.3. The van der Waals surface area contributed by atoms with Crippen LogP contribution in [0.3, 0.4) is 0 Å². The molecule has 0 aliphatic carbocycles. The van der Waals surface area contributed by atoms with Crippen molar-refractivity contribution in [3.8, 4) is 0 Å². The number of carbonyl (C=O) groups is 1. The second-order valence-electron chi connectivity index (χ2n) is 7.10. The van der Waals surface area contributed by atoms with Gasteiger partial charge in [0.2, 0.25) is 0 Å². The van der Waals surface area contributed by atoms with E-state index in [1.807, 2.05) is 30.3 Å². The summed E-state index contributed by atoms with van der Waals surface area (Å²) in [7, 11) is 0. The molecule has 3 saturated heterocycles. The van der Waals surface area contributed by atoms with Gasteiger partial charge in [-0.2, -0.15) is 0 Å². The second-order valence-corrected chi connectivity index (χ2v) is 7.10. The molecule has 0 radical (unpaired) electrons. The SMILES string of the molecule is O=C(O[C@@H]1CC2CCN1CC2)N(Cc1ccccc1)c1ccc(F)cc1. The first kappa shape index (κ1) is 17.0. The number of rotatable bonds is 4. The van der Waals surface area contributed by atoms with Crippen molar-refractivity contribution in [2.45, 2.75) is 32.0 Å². The van der Waals surface area contributed by atoms with Gasteiger partial charge in [0.05, 0.1) is 6.54 Å². The van der Waals surface area contributed by atoms with E-state index in [-0.39, 0.29) is 18.1 Å². The zero-order valence-electron chi connectivity index (χ0n) is 14.7. The quantitative estimate of drug-likeness (QED) is 0.815. The fraction of sp³-hybridized carbons (Fsp3) is 0.381. The van der Waals surface area contributed by atoms with Gasteiger partial charge in [0.1, 0.15) is 5.82 Å². The van der Waals surface area contributed by atoms with Crippen molar-refractivity contribution in [3.63, 3.8) is 0 Å². The molecule has 3 aliphatic rings. The van der Waals surface area contributed by atoms with Gasteiger partial charge in [-0.05, 0) is 48.6 Å². The van der Waals surface area contributed by atoms with Crippen molar-refractivity contribution in [2.75, 3.05) is 18.0 Å². The minimum atomic E-state index is -0.377. The van der Waals surface area contributed by atoms with E-state index < -0.39 is 0 Å². The summed E-state index contributed by atoms with van der Waals surface area (Å²) in [6, 6.07) is 15.7. The number of fused-ring (bicyclic) bond motifs is 3. The number of hydrogen-bond acceptors (Lipinski definition) is 3. The first-order valence-electron chi connectivity index (χ1n) is 9.21. The summed E-state index contributed by atoms with van der Waals surface area (Å²) in [5.41, 5.74) is 1.63. The molecular weight excluding hydrogens is 331 g/mol. The molecule has 2 bridgehead atoms. The highest BCUT2D eigenvalue weighted by Gasteiger charge is 2.36. The van der Waals surface area contributed by atoms with Gasteiger partial charge in [0.15, 0.2) is 6.23 Å². The summed E-state index contributed by atoms with van der Waals surface area (Å²) < 4.78 is 19.2. The van der Waals surface area contributed by atoms with Crippen molar-refractivity contribution in [2.24, 2.45) is 5.92 Å². The monoisotopic (exact) mass is 354 g/mol. The molecule has 5 heteroatoms. The predicted molar refractivity (Wildman–Crippen MR) is 98.2 cm³/mol. The number of amides is 1. The zero-order chi connectivity index (χ0) is 17.9. The molecule has 3 heterocycles. The number of nitrogens with zero attached hydrogens (tertiary/aromatic N) is 2. The lowest BCUT2D eigenvalue weighted by molar-refractivity contribution is -0.0813. The Morgan fingerprint density at radius 1 is 1.08 bits per heavy atom. The van der Waals surface area contributed by atoms with Crippen molar-refractivity contribution >= 4 is 11.8 Å². The minimum Gasteiger partial charge on any atom is -0.430 e. The van der Waals surface area contributed by atoms with Crippen LogP contribution in [0.4, 0.5) is 14.9 Å². The topological polar surface area (TPSA) is 32.8 Å². The third-order valence-corrected chi connectivity index (χ3v) is 5.37. The van der Waals surface area contributed by atoms with Gasteiger partial charge in [-0.15, -0.1) is 0 Å². The Hall–Kier alpha value is -2.40. The summed E-state index contributed by atoms with van der Waals surface area (Å²) in [6.07, 6.45) is 2.78. The highest BCUT2D eigenvalue weighted by atomic mass is 19.1. The van der Waals surface area contributed by atoms with Gasteiger partial charge in [-0.1, -0.05) is 30.3 Å². The number of piperidine rings is 3. The number of benzene rings is 2. The van der Waals surface area contributed by atoms with Crippen molar-refractivity contribution < 1.29 is 13.9 Å². The number of hydrogen-bond donors (Lipinski definition) is 0. The molecule has 5 rings (SSSR count). The van der Waals surface area contributed by atoms with Gasteiger partial charge < -0.3 is 4.74 Å². The maximum absolute atomic E-state index is 13.3. The number of carbonyl (C=O) groups excluding carboxylic acids is 1. The Morgan fingerprint density at radius 3 is 2.38 bits per heavy atom. The van der Waals surface area contributed by atoms with Crippen LogP contribution in [0, 0.1) is 11.7 Å². The Morgan fingerprint density at radius 2 is 1.77 bits per heavy atom. The number of anilines is 1. The molecule has 2 aromatic carbocycles. The summed E-state index contributed by atoms with van der Waals surface area (Å²) in [5.74, 6) is 0.337. The fourth-order valence-corrected chi connectivity index (χ4v) is 3.86. The lowest BCUT2D eigenvalue weighted by Crippen LogP contribution is -2.51. The Labute approximate surface area is 153 Å². The first-order chi connectivity index (χ1) is 12.7. The van der Waals surface area contributed by atoms with E-state index in [1.54, 1.807) is 17.0 Å². The second kappa shape index (κ2) is 7.46. The average Bonchev–Trinajstić information content (AvgIpc) is 2.69. The summed E-state index contributed by atoms with van der Waals surface area (Å²) >= 11 is 0. The van der Waals surface area contributed by atoms with Gasteiger partial charge in [-0.25, -0.2) is 9.18 Å². The molecular formula is C21H23FN2O2. The van der Waals surface area contributed by atoms with Gasteiger partial charge in [0.25, 0.3) is 0 Å². The molecule has 0 N–H and O–H groups in total. The van der Waals surface area contributed by atoms with Gasteiger partial charge in [-0.3, -0.25) is 9.80 Å².